The van der Waals surface area contributed by atoms with Gasteiger partial charge in [0.25, 0.3) is 10.0 Å². The van der Waals surface area contributed by atoms with Crippen molar-refractivity contribution in [3.8, 4) is 0 Å². The predicted molar refractivity (Wildman–Crippen MR) is 78.5 cm³/mol. The lowest BCUT2D eigenvalue weighted by Gasteiger charge is -2.19. The minimum absolute atomic E-state index is 0.303. The second kappa shape index (κ2) is 5.63. The molecule has 18 heavy (non-hydrogen) atoms. The van der Waals surface area contributed by atoms with Gasteiger partial charge in [0.2, 0.25) is 0 Å². The van der Waals surface area contributed by atoms with Crippen LogP contribution in [0.25, 0.3) is 0 Å². The molecule has 0 aromatic heterocycles. The van der Waals surface area contributed by atoms with E-state index in [4.69, 9.17) is 0 Å². The zero-order valence-corrected chi connectivity index (χ0v) is 13.1. The molecule has 1 aromatic rings. The Balaban J connectivity index is 2.31. The minimum atomic E-state index is -3.47. The standard InChI is InChI=1S/C11H13BrN2O2S2/c1-2-17-11-13-7-8-14(11)18(15,16)10-5-3-9(12)4-6-10/h3-6H,2,7-8H2,1H3. The van der Waals surface area contributed by atoms with Gasteiger partial charge in [0.05, 0.1) is 18.0 Å². The highest BCUT2D eigenvalue weighted by atomic mass is 79.9. The fraction of sp³-hybridized carbons (Fsp3) is 0.364. The van der Waals surface area contributed by atoms with E-state index in [0.29, 0.717) is 23.2 Å². The quantitative estimate of drug-likeness (QED) is 0.843. The molecule has 4 nitrogen and oxygen atoms in total. The molecule has 1 aromatic carbocycles. The van der Waals surface area contributed by atoms with Crippen molar-refractivity contribution in [2.45, 2.75) is 11.8 Å². The Kier molecular flexibility index (Phi) is 4.34. The van der Waals surface area contributed by atoms with E-state index in [-0.39, 0.29) is 0 Å². The maximum atomic E-state index is 12.4. The topological polar surface area (TPSA) is 49.7 Å². The van der Waals surface area contributed by atoms with Crippen molar-refractivity contribution in [3.63, 3.8) is 0 Å². The van der Waals surface area contributed by atoms with E-state index in [1.807, 2.05) is 6.92 Å². The van der Waals surface area contributed by atoms with Crippen LogP contribution in [0.15, 0.2) is 38.6 Å². The van der Waals surface area contributed by atoms with Gasteiger partial charge in [-0.05, 0) is 30.0 Å². The Morgan fingerprint density at radius 2 is 2.06 bits per heavy atom. The average molecular weight is 349 g/mol. The Bertz CT molecular complexity index is 555. The second-order valence-corrected chi connectivity index (χ2v) is 7.64. The molecule has 0 amide bonds. The fourth-order valence-corrected chi connectivity index (χ4v) is 4.33. The molecule has 1 heterocycles. The first-order valence-electron chi connectivity index (χ1n) is 5.51. The van der Waals surface area contributed by atoms with Crippen molar-refractivity contribution in [2.24, 2.45) is 4.99 Å². The lowest BCUT2D eigenvalue weighted by molar-refractivity contribution is 0.540. The Morgan fingerprint density at radius 3 is 2.67 bits per heavy atom. The average Bonchev–Trinajstić information content (AvgIpc) is 2.79. The van der Waals surface area contributed by atoms with Crippen LogP contribution in [-0.2, 0) is 10.0 Å². The van der Waals surface area contributed by atoms with E-state index >= 15 is 0 Å². The number of nitrogens with zero attached hydrogens (tertiary/aromatic N) is 2. The van der Waals surface area contributed by atoms with Gasteiger partial charge in [-0.25, -0.2) is 12.7 Å². The number of hydrogen-bond acceptors (Lipinski definition) is 4. The summed E-state index contributed by atoms with van der Waals surface area (Å²) in [6.07, 6.45) is 0. The minimum Gasteiger partial charge on any atom is -0.260 e. The summed E-state index contributed by atoms with van der Waals surface area (Å²) in [7, 11) is -3.47. The molecule has 0 bridgehead atoms. The van der Waals surface area contributed by atoms with Crippen molar-refractivity contribution in [1.29, 1.82) is 0 Å². The molecule has 98 valence electrons. The first kappa shape index (κ1) is 13.9. The molecule has 0 saturated carbocycles. The van der Waals surface area contributed by atoms with Crippen molar-refractivity contribution >= 4 is 42.9 Å². The molecule has 7 heteroatoms. The Labute approximate surface area is 120 Å². The van der Waals surface area contributed by atoms with Gasteiger partial charge >= 0.3 is 0 Å². The summed E-state index contributed by atoms with van der Waals surface area (Å²) < 4.78 is 27.1. The summed E-state index contributed by atoms with van der Waals surface area (Å²) in [5.74, 6) is 0.811. The Morgan fingerprint density at radius 1 is 1.39 bits per heavy atom. The molecular weight excluding hydrogens is 336 g/mol. The molecule has 0 radical (unpaired) electrons. The molecule has 1 aliphatic rings. The van der Waals surface area contributed by atoms with Crippen LogP contribution >= 0.6 is 27.7 Å². The molecule has 0 unspecified atom stereocenters. The van der Waals surface area contributed by atoms with Crippen molar-refractivity contribution in [3.05, 3.63) is 28.7 Å². The third-order valence-corrected chi connectivity index (χ3v) is 5.78. The number of thioether (sulfide) groups is 1. The van der Waals surface area contributed by atoms with Crippen LogP contribution in [-0.4, -0.2) is 36.7 Å². The number of aliphatic imine (C=N–C) groups is 1. The highest BCUT2D eigenvalue weighted by Crippen LogP contribution is 2.24. The van der Waals surface area contributed by atoms with Crippen LogP contribution in [0.5, 0.6) is 0 Å². The zero-order valence-electron chi connectivity index (χ0n) is 9.84. The van der Waals surface area contributed by atoms with E-state index in [1.165, 1.54) is 16.1 Å². The smallest absolute Gasteiger partial charge is 0.260 e. The number of amidine groups is 1. The van der Waals surface area contributed by atoms with Gasteiger partial charge in [-0.1, -0.05) is 34.6 Å². The summed E-state index contributed by atoms with van der Waals surface area (Å²) in [6, 6.07) is 6.66. The maximum Gasteiger partial charge on any atom is 0.265 e. The summed E-state index contributed by atoms with van der Waals surface area (Å²) in [6.45, 7) is 2.95. The van der Waals surface area contributed by atoms with Crippen LogP contribution in [0.1, 0.15) is 6.92 Å². The molecule has 1 aliphatic heterocycles. The summed E-state index contributed by atoms with van der Waals surface area (Å²) in [5.41, 5.74) is 0. The molecular formula is C11H13BrN2O2S2. The number of hydrogen-bond donors (Lipinski definition) is 0. The van der Waals surface area contributed by atoms with Gasteiger partial charge in [0, 0.05) is 4.47 Å². The van der Waals surface area contributed by atoms with E-state index < -0.39 is 10.0 Å². The van der Waals surface area contributed by atoms with Gasteiger partial charge in [0.15, 0.2) is 5.17 Å². The molecule has 0 atom stereocenters. The normalized spacial score (nSPS) is 15.9. The largest absolute Gasteiger partial charge is 0.265 e. The molecule has 0 spiro atoms. The first-order valence-corrected chi connectivity index (χ1v) is 8.73. The molecule has 0 N–H and O–H groups in total. The van der Waals surface area contributed by atoms with Crippen LogP contribution in [0.3, 0.4) is 0 Å². The number of sulfonamides is 1. The molecule has 0 aliphatic carbocycles. The second-order valence-electron chi connectivity index (χ2n) is 3.63. The van der Waals surface area contributed by atoms with Gasteiger partial charge < -0.3 is 0 Å². The lowest BCUT2D eigenvalue weighted by atomic mass is 10.4. The van der Waals surface area contributed by atoms with Crippen molar-refractivity contribution in [1.82, 2.24) is 4.31 Å². The SMILES string of the molecule is CCSC1=NCCN1S(=O)(=O)c1ccc(Br)cc1. The van der Waals surface area contributed by atoms with Crippen LogP contribution in [0.2, 0.25) is 0 Å². The van der Waals surface area contributed by atoms with Crippen LogP contribution in [0, 0.1) is 0 Å². The van der Waals surface area contributed by atoms with E-state index in [0.717, 1.165) is 10.2 Å². The number of benzene rings is 1. The third kappa shape index (κ3) is 2.73. The van der Waals surface area contributed by atoms with E-state index in [1.54, 1.807) is 24.3 Å². The lowest BCUT2D eigenvalue weighted by Crippen LogP contribution is -2.32. The monoisotopic (exact) mass is 348 g/mol. The van der Waals surface area contributed by atoms with Gasteiger partial charge in [0.1, 0.15) is 0 Å². The molecule has 2 rings (SSSR count). The van der Waals surface area contributed by atoms with Gasteiger partial charge in [-0.2, -0.15) is 0 Å². The van der Waals surface area contributed by atoms with Crippen molar-refractivity contribution < 1.29 is 8.42 Å². The Hall–Kier alpha value is -0.530. The third-order valence-electron chi connectivity index (χ3n) is 2.44. The zero-order chi connectivity index (χ0) is 13.2. The first-order chi connectivity index (χ1) is 8.55. The predicted octanol–water partition coefficient (Wildman–Crippen LogP) is 2.56. The van der Waals surface area contributed by atoms with Gasteiger partial charge in [-0.3, -0.25) is 4.99 Å². The molecule has 0 saturated heterocycles. The number of halogens is 1. The summed E-state index contributed by atoms with van der Waals surface area (Å²) in [5, 5.41) is 0.598. The van der Waals surface area contributed by atoms with Crippen LogP contribution < -0.4 is 0 Å². The summed E-state index contributed by atoms with van der Waals surface area (Å²) >= 11 is 4.76. The van der Waals surface area contributed by atoms with E-state index in [2.05, 4.69) is 20.9 Å². The highest BCUT2D eigenvalue weighted by molar-refractivity contribution is 9.10. The van der Waals surface area contributed by atoms with Crippen LogP contribution in [0.4, 0.5) is 0 Å². The van der Waals surface area contributed by atoms with E-state index in [9.17, 15) is 8.42 Å². The fourth-order valence-electron chi connectivity index (χ4n) is 1.61. The molecule has 0 fully saturated rings. The highest BCUT2D eigenvalue weighted by Gasteiger charge is 2.30. The van der Waals surface area contributed by atoms with Crippen molar-refractivity contribution in [2.75, 3.05) is 18.8 Å². The van der Waals surface area contributed by atoms with Gasteiger partial charge in [-0.15, -0.1) is 0 Å². The number of rotatable bonds is 3. The maximum absolute atomic E-state index is 12.4. The summed E-state index contributed by atoms with van der Waals surface area (Å²) in [4.78, 5) is 4.54.